The summed E-state index contributed by atoms with van der Waals surface area (Å²) < 4.78 is 23.4. The molecule has 0 atom stereocenters. The Morgan fingerprint density at radius 1 is 1.26 bits per heavy atom. The molecule has 6 nitrogen and oxygen atoms in total. The number of hydrogen-bond donors (Lipinski definition) is 1. The number of carboxylic acid groups (broad SMARTS) is 1. The minimum absolute atomic E-state index is 0.0536. The summed E-state index contributed by atoms with van der Waals surface area (Å²) in [5.74, 6) is -1.46. The molecule has 0 heterocycles. The van der Waals surface area contributed by atoms with Gasteiger partial charge in [-0.25, -0.2) is 8.42 Å². The maximum atomic E-state index is 12.7. The van der Waals surface area contributed by atoms with Crippen molar-refractivity contribution in [2.24, 2.45) is 5.92 Å². The van der Waals surface area contributed by atoms with Crippen molar-refractivity contribution in [3.8, 4) is 0 Å². The Labute approximate surface area is 137 Å². The molecule has 128 valence electrons. The summed E-state index contributed by atoms with van der Waals surface area (Å²) in [5.41, 5.74) is 0.943. The van der Waals surface area contributed by atoms with E-state index in [1.54, 1.807) is 6.07 Å². The maximum absolute atomic E-state index is 12.7. The molecule has 0 radical (unpaired) electrons. The standard InChI is InChI=1S/C16H23NO5S/c1-5-12-6-7-13(23(4,21)22)8-14(12)16(20)17(9-11(2)3)10-15(18)19/h6-8,11H,5,9-10H2,1-4H3,(H,18,19). The molecule has 1 aromatic carbocycles. The third kappa shape index (κ3) is 5.35. The van der Waals surface area contributed by atoms with Crippen LogP contribution < -0.4 is 0 Å². The molecule has 0 aliphatic rings. The fraction of sp³-hybridized carbons (Fsp3) is 0.500. The van der Waals surface area contributed by atoms with Crippen LogP contribution in [0.4, 0.5) is 0 Å². The Bertz CT molecular complexity index is 694. The van der Waals surface area contributed by atoms with Gasteiger partial charge >= 0.3 is 5.97 Å². The number of nitrogens with zero attached hydrogens (tertiary/aromatic N) is 1. The molecule has 0 spiro atoms. The van der Waals surface area contributed by atoms with Gasteiger partial charge in [-0.1, -0.05) is 26.8 Å². The average molecular weight is 341 g/mol. The molecule has 0 saturated carbocycles. The van der Waals surface area contributed by atoms with Gasteiger partial charge in [0.15, 0.2) is 9.84 Å². The summed E-state index contributed by atoms with van der Waals surface area (Å²) in [7, 11) is -3.44. The van der Waals surface area contributed by atoms with Crippen molar-refractivity contribution in [3.05, 3.63) is 29.3 Å². The van der Waals surface area contributed by atoms with E-state index in [1.165, 1.54) is 17.0 Å². The molecule has 1 amide bonds. The predicted molar refractivity (Wildman–Crippen MR) is 87.3 cm³/mol. The van der Waals surface area contributed by atoms with Crippen LogP contribution in [0.3, 0.4) is 0 Å². The number of amides is 1. The van der Waals surface area contributed by atoms with Crippen LogP contribution in [0.1, 0.15) is 36.7 Å². The van der Waals surface area contributed by atoms with Crippen LogP contribution in [0, 0.1) is 5.92 Å². The van der Waals surface area contributed by atoms with Crippen molar-refractivity contribution in [3.63, 3.8) is 0 Å². The van der Waals surface area contributed by atoms with Crippen LogP contribution >= 0.6 is 0 Å². The molecular weight excluding hydrogens is 318 g/mol. The first-order valence-electron chi connectivity index (χ1n) is 7.40. The first-order valence-corrected chi connectivity index (χ1v) is 9.29. The molecule has 1 rings (SSSR count). The van der Waals surface area contributed by atoms with Crippen LogP contribution in [-0.4, -0.2) is 49.6 Å². The highest BCUT2D eigenvalue weighted by atomic mass is 32.2. The highest BCUT2D eigenvalue weighted by Gasteiger charge is 2.23. The number of carbonyl (C=O) groups excluding carboxylic acids is 1. The monoisotopic (exact) mass is 341 g/mol. The lowest BCUT2D eigenvalue weighted by Gasteiger charge is -2.24. The van der Waals surface area contributed by atoms with Crippen LogP contribution in [-0.2, 0) is 21.1 Å². The molecular formula is C16H23NO5S. The van der Waals surface area contributed by atoms with Crippen LogP contribution in [0.5, 0.6) is 0 Å². The van der Waals surface area contributed by atoms with Gasteiger partial charge in [-0.3, -0.25) is 9.59 Å². The summed E-state index contributed by atoms with van der Waals surface area (Å²) >= 11 is 0. The molecule has 1 N–H and O–H groups in total. The Morgan fingerprint density at radius 3 is 2.30 bits per heavy atom. The number of benzene rings is 1. The topological polar surface area (TPSA) is 91.8 Å². The highest BCUT2D eigenvalue weighted by Crippen LogP contribution is 2.19. The van der Waals surface area contributed by atoms with E-state index in [4.69, 9.17) is 5.11 Å². The molecule has 23 heavy (non-hydrogen) atoms. The van der Waals surface area contributed by atoms with Gasteiger partial charge in [-0.05, 0) is 30.0 Å². The summed E-state index contributed by atoms with van der Waals surface area (Å²) in [5, 5.41) is 9.01. The number of rotatable bonds is 7. The van der Waals surface area contributed by atoms with Crippen molar-refractivity contribution in [1.82, 2.24) is 4.90 Å². The number of hydrogen-bond acceptors (Lipinski definition) is 4. The minimum Gasteiger partial charge on any atom is -0.480 e. The highest BCUT2D eigenvalue weighted by molar-refractivity contribution is 7.90. The summed E-state index contributed by atoms with van der Waals surface area (Å²) in [6.07, 6.45) is 1.62. The van der Waals surface area contributed by atoms with E-state index in [9.17, 15) is 18.0 Å². The summed E-state index contributed by atoms with van der Waals surface area (Å²) in [4.78, 5) is 25.1. The Hall–Kier alpha value is -1.89. The van der Waals surface area contributed by atoms with Crippen LogP contribution in [0.2, 0.25) is 0 Å². The lowest BCUT2D eigenvalue weighted by Crippen LogP contribution is -2.38. The van der Waals surface area contributed by atoms with Gasteiger partial charge in [0.25, 0.3) is 5.91 Å². The summed E-state index contributed by atoms with van der Waals surface area (Å²) in [6, 6.07) is 4.42. The number of sulfone groups is 1. The molecule has 0 bridgehead atoms. The molecule has 0 unspecified atom stereocenters. The predicted octanol–water partition coefficient (Wildman–Crippen LogP) is 1.84. The fourth-order valence-electron chi connectivity index (χ4n) is 2.29. The average Bonchev–Trinajstić information content (AvgIpc) is 2.43. The lowest BCUT2D eigenvalue weighted by molar-refractivity contribution is -0.137. The Morgan fingerprint density at radius 2 is 1.87 bits per heavy atom. The second-order valence-electron chi connectivity index (χ2n) is 5.92. The number of carbonyl (C=O) groups is 2. The maximum Gasteiger partial charge on any atom is 0.323 e. The molecule has 7 heteroatoms. The van der Waals surface area contributed by atoms with Crippen molar-refractivity contribution in [2.75, 3.05) is 19.3 Å². The normalized spacial score (nSPS) is 11.5. The van der Waals surface area contributed by atoms with Crippen LogP contribution in [0.15, 0.2) is 23.1 Å². The van der Waals surface area contributed by atoms with Gasteiger partial charge in [0, 0.05) is 18.4 Å². The zero-order chi connectivity index (χ0) is 17.8. The van der Waals surface area contributed by atoms with E-state index >= 15 is 0 Å². The molecule has 1 aromatic rings. The number of aliphatic carboxylic acids is 1. The quantitative estimate of drug-likeness (QED) is 0.817. The number of carboxylic acids is 1. The third-order valence-corrected chi connectivity index (χ3v) is 4.43. The number of aryl methyl sites for hydroxylation is 1. The molecule has 0 fully saturated rings. The van der Waals surface area contributed by atoms with Crippen molar-refractivity contribution in [1.29, 1.82) is 0 Å². The van der Waals surface area contributed by atoms with Gasteiger partial charge in [0.05, 0.1) is 4.90 Å². The second kappa shape index (κ2) is 7.59. The van der Waals surface area contributed by atoms with E-state index in [-0.39, 0.29) is 22.9 Å². The summed E-state index contributed by atoms with van der Waals surface area (Å²) in [6.45, 7) is 5.50. The molecule has 0 aliphatic carbocycles. The van der Waals surface area contributed by atoms with Gasteiger partial charge in [0.1, 0.15) is 6.54 Å². The van der Waals surface area contributed by atoms with Gasteiger partial charge in [0.2, 0.25) is 0 Å². The largest absolute Gasteiger partial charge is 0.480 e. The lowest BCUT2D eigenvalue weighted by atomic mass is 10.0. The van der Waals surface area contributed by atoms with Crippen LogP contribution in [0.25, 0.3) is 0 Å². The smallest absolute Gasteiger partial charge is 0.323 e. The second-order valence-corrected chi connectivity index (χ2v) is 7.93. The van der Waals surface area contributed by atoms with E-state index in [0.717, 1.165) is 6.26 Å². The SMILES string of the molecule is CCc1ccc(S(C)(=O)=O)cc1C(=O)N(CC(=O)O)CC(C)C. The van der Waals surface area contributed by atoms with Crippen molar-refractivity contribution >= 4 is 21.7 Å². The molecule has 0 aromatic heterocycles. The first kappa shape index (κ1) is 19.2. The van der Waals surface area contributed by atoms with E-state index < -0.39 is 28.3 Å². The Kier molecular flexibility index (Phi) is 6.32. The van der Waals surface area contributed by atoms with Gasteiger partial charge < -0.3 is 10.0 Å². The fourth-order valence-corrected chi connectivity index (χ4v) is 2.93. The zero-order valence-electron chi connectivity index (χ0n) is 13.9. The molecule has 0 aliphatic heterocycles. The Balaban J connectivity index is 3.33. The van der Waals surface area contributed by atoms with Gasteiger partial charge in [-0.2, -0.15) is 0 Å². The molecule has 0 saturated heterocycles. The van der Waals surface area contributed by atoms with E-state index in [1.807, 2.05) is 20.8 Å². The third-order valence-electron chi connectivity index (χ3n) is 3.32. The van der Waals surface area contributed by atoms with E-state index in [2.05, 4.69) is 0 Å². The van der Waals surface area contributed by atoms with Crippen molar-refractivity contribution in [2.45, 2.75) is 32.1 Å². The zero-order valence-corrected chi connectivity index (χ0v) is 14.7. The van der Waals surface area contributed by atoms with Crippen molar-refractivity contribution < 1.29 is 23.1 Å². The minimum atomic E-state index is -3.44. The van der Waals surface area contributed by atoms with Gasteiger partial charge in [-0.15, -0.1) is 0 Å². The first-order chi connectivity index (χ1) is 10.6. The van der Waals surface area contributed by atoms with E-state index in [0.29, 0.717) is 12.0 Å².